The van der Waals surface area contributed by atoms with Crippen molar-refractivity contribution in [2.24, 2.45) is 17.8 Å². The Kier molecular flexibility index (Phi) is 7.71. The fraction of sp³-hybridized carbons (Fsp3) is 0.621. The number of nitrogens with one attached hydrogen (secondary N) is 3. The molecule has 3 fully saturated rings. The van der Waals surface area contributed by atoms with Gasteiger partial charge in [0.25, 0.3) is 0 Å². The molecule has 2 saturated carbocycles. The SMILES string of the molecule is CC(C)c1ccnc(-c2nc3nc(C4NOC(=O)N4)nc(N[C@H](C)C4CCC4)c3n2CC2CCC(C(F)(F)F)CC2)c1. The van der Waals surface area contributed by atoms with E-state index in [4.69, 9.17) is 19.8 Å². The Morgan fingerprint density at radius 2 is 1.86 bits per heavy atom. The van der Waals surface area contributed by atoms with E-state index in [1.807, 2.05) is 16.7 Å². The zero-order valence-electron chi connectivity index (χ0n) is 24.0. The van der Waals surface area contributed by atoms with Crippen LogP contribution >= 0.6 is 0 Å². The third-order valence-corrected chi connectivity index (χ3v) is 9.06. The predicted octanol–water partition coefficient (Wildman–Crippen LogP) is 6.22. The Morgan fingerprint density at radius 3 is 2.48 bits per heavy atom. The van der Waals surface area contributed by atoms with Gasteiger partial charge in [-0.05, 0) is 80.9 Å². The number of fused-ring (bicyclic) bond motifs is 1. The number of imidazole rings is 1. The number of nitrogens with zero attached hydrogens (tertiary/aromatic N) is 5. The minimum Gasteiger partial charge on any atom is -0.365 e. The second-order valence-corrected chi connectivity index (χ2v) is 12.2. The van der Waals surface area contributed by atoms with Gasteiger partial charge in [0.1, 0.15) is 11.2 Å². The highest BCUT2D eigenvalue weighted by Crippen LogP contribution is 2.41. The summed E-state index contributed by atoms with van der Waals surface area (Å²) in [6.45, 7) is 6.81. The lowest BCUT2D eigenvalue weighted by Gasteiger charge is -2.33. The van der Waals surface area contributed by atoms with Crippen molar-refractivity contribution in [1.82, 2.24) is 35.3 Å². The first-order chi connectivity index (χ1) is 20.1. The van der Waals surface area contributed by atoms with Crippen LogP contribution < -0.4 is 16.1 Å². The molecule has 0 aromatic carbocycles. The van der Waals surface area contributed by atoms with E-state index in [0.29, 0.717) is 59.6 Å². The molecule has 0 radical (unpaired) electrons. The lowest BCUT2D eigenvalue weighted by molar-refractivity contribution is -0.184. The number of carbonyl (C=O) groups is 1. The van der Waals surface area contributed by atoms with Crippen LogP contribution in [0.15, 0.2) is 18.3 Å². The van der Waals surface area contributed by atoms with Crippen molar-refractivity contribution < 1.29 is 22.8 Å². The molecule has 3 N–H and O–H groups in total. The van der Waals surface area contributed by atoms with Crippen molar-refractivity contribution in [3.63, 3.8) is 0 Å². The fourth-order valence-electron chi connectivity index (χ4n) is 6.19. The molecule has 3 aromatic rings. The summed E-state index contributed by atoms with van der Waals surface area (Å²) >= 11 is 0. The highest BCUT2D eigenvalue weighted by atomic mass is 19.4. The summed E-state index contributed by atoms with van der Waals surface area (Å²) < 4.78 is 42.3. The van der Waals surface area contributed by atoms with Crippen LogP contribution in [-0.2, 0) is 11.4 Å². The minimum absolute atomic E-state index is 0.0359. The van der Waals surface area contributed by atoms with Gasteiger partial charge in [-0.25, -0.2) is 19.7 Å². The van der Waals surface area contributed by atoms with E-state index >= 15 is 0 Å². The molecule has 42 heavy (non-hydrogen) atoms. The zero-order valence-corrected chi connectivity index (χ0v) is 24.0. The van der Waals surface area contributed by atoms with Gasteiger partial charge in [-0.15, -0.1) is 5.48 Å². The molecule has 1 unspecified atom stereocenters. The number of hydrogen-bond acceptors (Lipinski definition) is 8. The van der Waals surface area contributed by atoms with Gasteiger partial charge in [-0.2, -0.15) is 13.2 Å². The Hall–Kier alpha value is -3.48. The second-order valence-electron chi connectivity index (χ2n) is 12.2. The number of carbonyl (C=O) groups excluding carboxylic acids is 1. The van der Waals surface area contributed by atoms with E-state index in [0.717, 1.165) is 18.4 Å². The Morgan fingerprint density at radius 1 is 1.10 bits per heavy atom. The number of hydrogen-bond donors (Lipinski definition) is 3. The summed E-state index contributed by atoms with van der Waals surface area (Å²) in [7, 11) is 0. The monoisotopic (exact) mass is 586 g/mol. The molecule has 226 valence electrons. The summed E-state index contributed by atoms with van der Waals surface area (Å²) in [6.07, 6.45) is 0.839. The molecule has 10 nitrogen and oxygen atoms in total. The maximum Gasteiger partial charge on any atom is 0.427 e. The van der Waals surface area contributed by atoms with E-state index in [-0.39, 0.29) is 30.7 Å². The normalized spacial score (nSPS) is 24.0. The Bertz CT molecular complexity index is 1450. The third kappa shape index (κ3) is 5.75. The van der Waals surface area contributed by atoms with Gasteiger partial charge in [-0.3, -0.25) is 10.3 Å². The van der Waals surface area contributed by atoms with Crippen LogP contribution in [0.3, 0.4) is 0 Å². The zero-order chi connectivity index (χ0) is 29.6. The van der Waals surface area contributed by atoms with Gasteiger partial charge < -0.3 is 14.7 Å². The fourth-order valence-corrected chi connectivity index (χ4v) is 6.19. The highest BCUT2D eigenvalue weighted by Gasteiger charge is 2.41. The van der Waals surface area contributed by atoms with Crippen LogP contribution in [0.25, 0.3) is 22.7 Å². The molecule has 2 aliphatic carbocycles. The minimum atomic E-state index is -4.16. The van der Waals surface area contributed by atoms with Crippen LogP contribution in [0.5, 0.6) is 0 Å². The van der Waals surface area contributed by atoms with Gasteiger partial charge in [0, 0.05) is 18.8 Å². The van der Waals surface area contributed by atoms with Crippen molar-refractivity contribution in [2.45, 2.75) is 96.6 Å². The maximum atomic E-state index is 13.4. The molecule has 3 aromatic heterocycles. The Labute approximate surface area is 242 Å². The molecule has 1 amide bonds. The topological polar surface area (TPSA) is 119 Å². The first-order valence-corrected chi connectivity index (χ1v) is 14.9. The molecule has 13 heteroatoms. The number of alkyl halides is 3. The van der Waals surface area contributed by atoms with Gasteiger partial charge in [0.2, 0.25) is 0 Å². The number of anilines is 1. The molecular weight excluding hydrogens is 549 g/mol. The van der Waals surface area contributed by atoms with E-state index in [1.54, 1.807) is 6.20 Å². The first kappa shape index (κ1) is 28.6. The van der Waals surface area contributed by atoms with Gasteiger partial charge in [-0.1, -0.05) is 20.3 Å². The van der Waals surface area contributed by atoms with Crippen molar-refractivity contribution in [1.29, 1.82) is 0 Å². The summed E-state index contributed by atoms with van der Waals surface area (Å²) in [5, 5.41) is 6.25. The van der Waals surface area contributed by atoms with E-state index < -0.39 is 24.4 Å². The molecule has 4 heterocycles. The second kappa shape index (κ2) is 11.3. The van der Waals surface area contributed by atoms with Crippen LogP contribution in [-0.4, -0.2) is 42.8 Å². The van der Waals surface area contributed by atoms with Crippen LogP contribution in [0, 0.1) is 17.8 Å². The number of amides is 1. The largest absolute Gasteiger partial charge is 0.427 e. The summed E-state index contributed by atoms with van der Waals surface area (Å²) in [5.41, 5.74) is 5.48. The van der Waals surface area contributed by atoms with E-state index in [9.17, 15) is 18.0 Å². The van der Waals surface area contributed by atoms with Crippen molar-refractivity contribution in [3.8, 4) is 11.5 Å². The number of hydroxylamine groups is 1. The lowest BCUT2D eigenvalue weighted by Crippen LogP contribution is -2.32. The van der Waals surface area contributed by atoms with Gasteiger partial charge >= 0.3 is 12.3 Å². The quantitative estimate of drug-likeness (QED) is 0.285. The first-order valence-electron chi connectivity index (χ1n) is 14.9. The summed E-state index contributed by atoms with van der Waals surface area (Å²) in [4.78, 5) is 35.8. The van der Waals surface area contributed by atoms with Gasteiger partial charge in [0.05, 0.1) is 5.92 Å². The Balaban J connectivity index is 1.45. The summed E-state index contributed by atoms with van der Waals surface area (Å²) in [5.74, 6) is 1.02. The number of rotatable bonds is 8. The number of halogens is 3. The van der Waals surface area contributed by atoms with E-state index in [1.165, 1.54) is 6.42 Å². The summed E-state index contributed by atoms with van der Waals surface area (Å²) in [6, 6.07) is 4.11. The number of aromatic nitrogens is 5. The molecule has 1 aliphatic heterocycles. The van der Waals surface area contributed by atoms with Crippen LogP contribution in [0.2, 0.25) is 0 Å². The average Bonchev–Trinajstić information content (AvgIpc) is 3.51. The molecule has 0 bridgehead atoms. The smallest absolute Gasteiger partial charge is 0.365 e. The van der Waals surface area contributed by atoms with Crippen molar-refractivity contribution in [2.75, 3.05) is 5.32 Å². The average molecular weight is 587 g/mol. The predicted molar refractivity (Wildman–Crippen MR) is 150 cm³/mol. The van der Waals surface area contributed by atoms with Gasteiger partial charge in [0.15, 0.2) is 29.3 Å². The van der Waals surface area contributed by atoms with E-state index in [2.05, 4.69) is 41.9 Å². The van der Waals surface area contributed by atoms with Crippen LogP contribution in [0.4, 0.5) is 23.8 Å². The molecule has 6 rings (SSSR count). The van der Waals surface area contributed by atoms with Crippen molar-refractivity contribution >= 4 is 23.1 Å². The maximum absolute atomic E-state index is 13.4. The third-order valence-electron chi connectivity index (χ3n) is 9.06. The molecule has 1 saturated heterocycles. The van der Waals surface area contributed by atoms with Crippen molar-refractivity contribution in [3.05, 3.63) is 29.7 Å². The molecular formula is C29H37F3N8O2. The highest BCUT2D eigenvalue weighted by molar-refractivity contribution is 5.87. The molecule has 3 aliphatic rings. The standard InChI is InChI=1S/C29H37F3N8O2/c1-15(2)19-11-12-33-21(13-19)27-37-24-22(40(27)14-17-7-9-20(10-8-17)29(30,31)32)23(34-16(3)18-5-4-6-18)35-25(36-24)26-38-28(41)42-39-26/h11-13,15-18,20,26,39H,4-10,14H2,1-3H3,(H,38,41)(H,34,35,36)/t16-,17?,20?,26?/m1/s1. The lowest BCUT2D eigenvalue weighted by atomic mass is 9.80. The number of pyridine rings is 1. The molecule has 2 atom stereocenters. The molecule has 0 spiro atoms. The van der Waals surface area contributed by atoms with Crippen LogP contribution in [0.1, 0.15) is 89.2 Å².